The standard InChI is InChI=1S/C17H16BrNO3S/c1-12(10-14-11-13-6-2-4-8-16(13)22-14)19-23(20,21)17-9-5-3-7-15(17)18/h2-9,11-12,19H,10H2,1H3/t12-/m0/s1. The van der Waals surface area contributed by atoms with Crippen LogP contribution in [0, 0.1) is 0 Å². The Morgan fingerprint density at radius 2 is 1.83 bits per heavy atom. The summed E-state index contributed by atoms with van der Waals surface area (Å²) in [7, 11) is -3.58. The van der Waals surface area contributed by atoms with Crippen molar-refractivity contribution in [1.29, 1.82) is 0 Å². The van der Waals surface area contributed by atoms with E-state index in [1.807, 2.05) is 37.3 Å². The number of halogens is 1. The van der Waals surface area contributed by atoms with Gasteiger partial charge in [0.1, 0.15) is 11.3 Å². The van der Waals surface area contributed by atoms with Crippen molar-refractivity contribution in [3.8, 4) is 0 Å². The minimum Gasteiger partial charge on any atom is -0.461 e. The molecule has 3 rings (SSSR count). The van der Waals surface area contributed by atoms with Crippen molar-refractivity contribution in [2.75, 3.05) is 0 Å². The van der Waals surface area contributed by atoms with Crippen molar-refractivity contribution in [3.63, 3.8) is 0 Å². The van der Waals surface area contributed by atoms with Crippen LogP contribution in [0.5, 0.6) is 0 Å². The fourth-order valence-corrected chi connectivity index (χ4v) is 4.72. The van der Waals surface area contributed by atoms with E-state index in [0.29, 0.717) is 10.9 Å². The molecule has 1 N–H and O–H groups in total. The third kappa shape index (κ3) is 3.65. The normalized spacial score (nSPS) is 13.3. The van der Waals surface area contributed by atoms with Gasteiger partial charge < -0.3 is 4.42 Å². The van der Waals surface area contributed by atoms with Gasteiger partial charge in [0.15, 0.2) is 0 Å². The molecule has 1 atom stereocenters. The van der Waals surface area contributed by atoms with Crippen LogP contribution in [0.25, 0.3) is 11.0 Å². The Morgan fingerprint density at radius 3 is 2.57 bits per heavy atom. The fraction of sp³-hybridized carbons (Fsp3) is 0.176. The molecule has 0 saturated carbocycles. The van der Waals surface area contributed by atoms with E-state index in [-0.39, 0.29) is 10.9 Å². The number of hydrogen-bond acceptors (Lipinski definition) is 3. The predicted molar refractivity (Wildman–Crippen MR) is 93.8 cm³/mol. The summed E-state index contributed by atoms with van der Waals surface area (Å²) in [6.07, 6.45) is 0.484. The Morgan fingerprint density at radius 1 is 1.13 bits per heavy atom. The summed E-state index contributed by atoms with van der Waals surface area (Å²) in [6.45, 7) is 1.82. The molecule has 0 aliphatic rings. The van der Waals surface area contributed by atoms with Crippen molar-refractivity contribution in [2.45, 2.75) is 24.3 Å². The molecule has 0 aliphatic heterocycles. The molecule has 0 fully saturated rings. The van der Waals surface area contributed by atoms with Crippen LogP contribution < -0.4 is 4.72 Å². The third-order valence-electron chi connectivity index (χ3n) is 3.47. The average molecular weight is 394 g/mol. The number of para-hydroxylation sites is 1. The first-order chi connectivity index (χ1) is 11.0. The highest BCUT2D eigenvalue weighted by molar-refractivity contribution is 9.10. The number of fused-ring (bicyclic) bond motifs is 1. The van der Waals surface area contributed by atoms with Gasteiger partial charge in [0.2, 0.25) is 10.0 Å². The van der Waals surface area contributed by atoms with Crippen molar-refractivity contribution in [1.82, 2.24) is 4.72 Å². The smallest absolute Gasteiger partial charge is 0.241 e. The van der Waals surface area contributed by atoms with Crippen LogP contribution >= 0.6 is 15.9 Å². The van der Waals surface area contributed by atoms with E-state index >= 15 is 0 Å². The highest BCUT2D eigenvalue weighted by Crippen LogP contribution is 2.23. The van der Waals surface area contributed by atoms with Gasteiger partial charge in [-0.1, -0.05) is 30.3 Å². The molecule has 4 nitrogen and oxygen atoms in total. The fourth-order valence-electron chi connectivity index (χ4n) is 2.47. The quantitative estimate of drug-likeness (QED) is 0.709. The van der Waals surface area contributed by atoms with Crippen LogP contribution in [0.3, 0.4) is 0 Å². The zero-order valence-electron chi connectivity index (χ0n) is 12.5. The minimum absolute atomic E-state index is 0.233. The first-order valence-electron chi connectivity index (χ1n) is 7.20. The maximum atomic E-state index is 12.5. The second-order valence-corrected chi connectivity index (χ2v) is 7.94. The lowest BCUT2D eigenvalue weighted by Crippen LogP contribution is -2.34. The SMILES string of the molecule is C[C@@H](Cc1cc2ccccc2o1)NS(=O)(=O)c1ccccc1Br. The Hall–Kier alpha value is -1.63. The number of sulfonamides is 1. The van der Waals surface area contributed by atoms with E-state index in [2.05, 4.69) is 20.7 Å². The Labute approximate surface area is 143 Å². The first-order valence-corrected chi connectivity index (χ1v) is 9.47. The number of furan rings is 1. The van der Waals surface area contributed by atoms with E-state index in [1.165, 1.54) is 0 Å². The topological polar surface area (TPSA) is 59.3 Å². The molecule has 23 heavy (non-hydrogen) atoms. The maximum Gasteiger partial charge on any atom is 0.241 e. The van der Waals surface area contributed by atoms with Gasteiger partial charge in [0.25, 0.3) is 0 Å². The van der Waals surface area contributed by atoms with E-state index in [4.69, 9.17) is 4.42 Å². The molecule has 1 aromatic heterocycles. The van der Waals surface area contributed by atoms with Gasteiger partial charge in [0.05, 0.1) is 4.90 Å². The van der Waals surface area contributed by atoms with Crippen molar-refractivity contribution in [3.05, 3.63) is 64.8 Å². The Bertz CT molecular complexity index is 901. The van der Waals surface area contributed by atoms with Crippen molar-refractivity contribution < 1.29 is 12.8 Å². The number of rotatable bonds is 5. The highest BCUT2D eigenvalue weighted by Gasteiger charge is 2.20. The number of hydrogen-bond donors (Lipinski definition) is 1. The first kappa shape index (κ1) is 16.2. The van der Waals surface area contributed by atoms with Crippen LogP contribution in [-0.2, 0) is 16.4 Å². The lowest BCUT2D eigenvalue weighted by molar-refractivity contribution is 0.504. The molecule has 0 bridgehead atoms. The Kier molecular flexibility index (Phi) is 4.57. The second-order valence-electron chi connectivity index (χ2n) is 5.41. The zero-order chi connectivity index (χ0) is 16.4. The van der Waals surface area contributed by atoms with E-state index in [9.17, 15) is 8.42 Å². The zero-order valence-corrected chi connectivity index (χ0v) is 14.9. The van der Waals surface area contributed by atoms with Gasteiger partial charge in [-0.25, -0.2) is 13.1 Å². The molecule has 6 heteroatoms. The molecular formula is C17H16BrNO3S. The molecule has 0 aliphatic carbocycles. The molecule has 2 aromatic carbocycles. The minimum atomic E-state index is -3.58. The summed E-state index contributed by atoms with van der Waals surface area (Å²) in [5.41, 5.74) is 0.809. The van der Waals surface area contributed by atoms with Crippen molar-refractivity contribution >= 4 is 36.9 Å². The molecule has 0 amide bonds. The van der Waals surface area contributed by atoms with Gasteiger partial charge >= 0.3 is 0 Å². The van der Waals surface area contributed by atoms with Crippen LogP contribution in [0.4, 0.5) is 0 Å². The van der Waals surface area contributed by atoms with Gasteiger partial charge in [-0.2, -0.15) is 0 Å². The molecule has 0 spiro atoms. The van der Waals surface area contributed by atoms with E-state index in [0.717, 1.165) is 16.7 Å². The Balaban J connectivity index is 1.76. The molecular weight excluding hydrogens is 378 g/mol. The highest BCUT2D eigenvalue weighted by atomic mass is 79.9. The van der Waals surface area contributed by atoms with E-state index in [1.54, 1.807) is 24.3 Å². The number of benzene rings is 2. The van der Waals surface area contributed by atoms with Crippen LogP contribution in [0.2, 0.25) is 0 Å². The van der Waals surface area contributed by atoms with Gasteiger partial charge in [0, 0.05) is 22.3 Å². The van der Waals surface area contributed by atoms with Gasteiger partial charge in [-0.15, -0.1) is 0 Å². The van der Waals surface area contributed by atoms with Gasteiger partial charge in [-0.3, -0.25) is 0 Å². The second kappa shape index (κ2) is 6.47. The van der Waals surface area contributed by atoms with Crippen LogP contribution in [0.1, 0.15) is 12.7 Å². The summed E-state index contributed by atoms with van der Waals surface area (Å²) in [4.78, 5) is 0.233. The summed E-state index contributed by atoms with van der Waals surface area (Å²) >= 11 is 3.27. The number of nitrogens with one attached hydrogen (secondary N) is 1. The molecule has 0 radical (unpaired) electrons. The van der Waals surface area contributed by atoms with Crippen molar-refractivity contribution in [2.24, 2.45) is 0 Å². The molecule has 120 valence electrons. The van der Waals surface area contributed by atoms with Gasteiger partial charge in [-0.05, 0) is 47.1 Å². The molecule has 3 aromatic rings. The largest absolute Gasteiger partial charge is 0.461 e. The summed E-state index contributed by atoms with van der Waals surface area (Å²) < 4.78 is 33.9. The average Bonchev–Trinajstić information content (AvgIpc) is 2.88. The molecule has 0 saturated heterocycles. The van der Waals surface area contributed by atoms with Crippen LogP contribution in [-0.4, -0.2) is 14.5 Å². The van der Waals surface area contributed by atoms with Crippen LogP contribution in [0.15, 0.2) is 68.4 Å². The molecule has 1 heterocycles. The lowest BCUT2D eigenvalue weighted by atomic mass is 10.2. The summed E-state index contributed by atoms with van der Waals surface area (Å²) in [6, 6.07) is 16.1. The third-order valence-corrected chi connectivity index (χ3v) is 6.07. The summed E-state index contributed by atoms with van der Waals surface area (Å²) in [5, 5.41) is 1.02. The predicted octanol–water partition coefficient (Wildman–Crippen LogP) is 4.10. The van der Waals surface area contributed by atoms with E-state index < -0.39 is 10.0 Å². The summed E-state index contributed by atoms with van der Waals surface area (Å²) in [5.74, 6) is 0.758. The lowest BCUT2D eigenvalue weighted by Gasteiger charge is -2.14. The monoisotopic (exact) mass is 393 g/mol. The molecule has 0 unspecified atom stereocenters. The maximum absolute atomic E-state index is 12.5.